The van der Waals surface area contributed by atoms with E-state index in [2.05, 4.69) is 20.1 Å². The monoisotopic (exact) mass is 833 g/mol. The number of hydrogen-bond acceptors (Lipinski definition) is 10. The van der Waals surface area contributed by atoms with Crippen LogP contribution in [0.25, 0.3) is 10.9 Å². The lowest BCUT2D eigenvalue weighted by Crippen LogP contribution is -2.52. The molecular formula is C40H51Cl2F2N7O6. The quantitative estimate of drug-likeness (QED) is 0.138. The van der Waals surface area contributed by atoms with Gasteiger partial charge in [-0.15, -0.1) is 24.8 Å². The van der Waals surface area contributed by atoms with E-state index >= 15 is 8.78 Å². The van der Waals surface area contributed by atoms with Crippen molar-refractivity contribution < 1.29 is 23.0 Å². The summed E-state index contributed by atoms with van der Waals surface area (Å²) in [6.07, 6.45) is 4.19. The highest BCUT2D eigenvalue weighted by molar-refractivity contribution is 5.95. The first-order valence-corrected chi connectivity index (χ1v) is 19.2. The number of hydrogen-bond donors (Lipinski definition) is 2. The molecular weight excluding hydrogens is 783 g/mol. The van der Waals surface area contributed by atoms with E-state index in [-0.39, 0.29) is 77.8 Å². The number of H-pyrrole nitrogens is 1. The number of ether oxygens (including phenoxy) is 2. The second-order valence-corrected chi connectivity index (χ2v) is 15.0. The maximum atomic E-state index is 16.5. The molecule has 0 spiro atoms. The summed E-state index contributed by atoms with van der Waals surface area (Å²) in [6.45, 7) is 11.5. The van der Waals surface area contributed by atoms with Gasteiger partial charge in [0, 0.05) is 75.8 Å². The number of aromatic nitrogens is 3. The van der Waals surface area contributed by atoms with Crippen LogP contribution in [0.1, 0.15) is 60.1 Å². The number of morpholine rings is 1. The molecule has 13 nitrogen and oxygen atoms in total. The number of halogens is 4. The lowest BCUT2D eigenvalue weighted by Gasteiger charge is -2.41. The van der Waals surface area contributed by atoms with Crippen molar-refractivity contribution in [3.05, 3.63) is 95.9 Å². The Morgan fingerprint density at radius 1 is 0.947 bits per heavy atom. The zero-order valence-corrected chi connectivity index (χ0v) is 34.1. The van der Waals surface area contributed by atoms with Gasteiger partial charge in [-0.2, -0.15) is 0 Å². The minimum Gasteiger partial charge on any atom is -0.461 e. The Morgan fingerprint density at radius 3 is 2.37 bits per heavy atom. The first-order valence-electron chi connectivity index (χ1n) is 19.2. The predicted molar refractivity (Wildman–Crippen MR) is 221 cm³/mol. The number of rotatable bonds is 13. The fraction of sp³-hybridized carbons (Fsp3) is 0.500. The van der Waals surface area contributed by atoms with E-state index in [0.717, 1.165) is 48.8 Å². The van der Waals surface area contributed by atoms with E-state index in [1.165, 1.54) is 16.8 Å². The van der Waals surface area contributed by atoms with E-state index in [1.807, 2.05) is 39.0 Å². The number of anilines is 3. The van der Waals surface area contributed by atoms with Gasteiger partial charge in [0.05, 0.1) is 24.1 Å². The summed E-state index contributed by atoms with van der Waals surface area (Å²) in [5.74, 6) is -2.13. The van der Waals surface area contributed by atoms with Gasteiger partial charge in [-0.3, -0.25) is 28.9 Å². The highest BCUT2D eigenvalue weighted by atomic mass is 35.5. The fourth-order valence-corrected chi connectivity index (χ4v) is 7.57. The SMILES string of the molecule is Cc1ccc(Nc2cc(=O)n(CCCCN3CCN(c4c(F)cc5c(=O)c(C(=O)OCCN6CCOCC6)cn(C6CC6)c5c4F)C[C@@H]3C)c(=O)[nH]2)cc1C.Cl.Cl. The van der Waals surface area contributed by atoms with Crippen molar-refractivity contribution in [3.8, 4) is 0 Å². The maximum Gasteiger partial charge on any atom is 0.343 e. The number of esters is 1. The van der Waals surface area contributed by atoms with Crippen molar-refractivity contribution >= 4 is 58.9 Å². The minimum absolute atomic E-state index is 0. The summed E-state index contributed by atoms with van der Waals surface area (Å²) in [4.78, 5) is 61.0. The van der Waals surface area contributed by atoms with Crippen molar-refractivity contribution in [1.82, 2.24) is 23.9 Å². The summed E-state index contributed by atoms with van der Waals surface area (Å²) in [7, 11) is 0. The van der Waals surface area contributed by atoms with Gasteiger partial charge >= 0.3 is 11.7 Å². The van der Waals surface area contributed by atoms with Gasteiger partial charge in [0.25, 0.3) is 5.56 Å². The van der Waals surface area contributed by atoms with E-state index in [4.69, 9.17) is 9.47 Å². The van der Waals surface area contributed by atoms with Crippen LogP contribution in [0.5, 0.6) is 0 Å². The molecule has 4 heterocycles. The molecule has 310 valence electrons. The van der Waals surface area contributed by atoms with Gasteiger partial charge in [-0.05, 0) is 82.3 Å². The highest BCUT2D eigenvalue weighted by Crippen LogP contribution is 2.40. The second kappa shape index (κ2) is 19.0. The van der Waals surface area contributed by atoms with E-state index in [9.17, 15) is 19.2 Å². The van der Waals surface area contributed by atoms with Crippen molar-refractivity contribution in [2.45, 2.75) is 65.1 Å². The first kappa shape index (κ1) is 43.8. The van der Waals surface area contributed by atoms with Crippen molar-refractivity contribution in [2.24, 2.45) is 0 Å². The Kier molecular flexibility index (Phi) is 14.6. The van der Waals surface area contributed by atoms with Crippen LogP contribution in [-0.2, 0) is 16.0 Å². The number of benzene rings is 2. The molecule has 0 unspecified atom stereocenters. The number of fused-ring (bicyclic) bond motifs is 1. The van der Waals surface area contributed by atoms with Crippen LogP contribution in [-0.4, -0.2) is 102 Å². The standard InChI is InChI=1S/C40H49F2N7O6.2ClH/c1-25-6-7-28(20-26(25)2)43-33-22-34(50)48(40(53)44-33)11-5-4-10-46-12-13-47(23-27(46)3)37-32(41)21-30-36(35(37)42)49(29-8-9-29)24-31(38(30)51)39(52)55-19-16-45-14-17-54-18-15-45;;/h6-7,20-22,24,27,29,43H,4-5,8-19,23H2,1-3H3,(H,44,53);2*1H/t27-;;/m0../s1. The summed E-state index contributed by atoms with van der Waals surface area (Å²) >= 11 is 0. The smallest absolute Gasteiger partial charge is 0.343 e. The summed E-state index contributed by atoms with van der Waals surface area (Å²) in [5.41, 5.74) is 0.987. The average Bonchev–Trinajstić information content (AvgIpc) is 4.00. The van der Waals surface area contributed by atoms with E-state index in [0.29, 0.717) is 64.6 Å². The Hall–Kier alpha value is -4.28. The van der Waals surface area contributed by atoms with Gasteiger partial charge < -0.3 is 24.3 Å². The molecule has 2 aromatic heterocycles. The van der Waals surface area contributed by atoms with Crippen molar-refractivity contribution in [3.63, 3.8) is 0 Å². The van der Waals surface area contributed by atoms with Crippen LogP contribution in [0.4, 0.5) is 26.0 Å². The molecule has 1 saturated carbocycles. The van der Waals surface area contributed by atoms with Gasteiger partial charge in [-0.25, -0.2) is 18.4 Å². The van der Waals surface area contributed by atoms with Crippen LogP contribution in [0.2, 0.25) is 0 Å². The van der Waals surface area contributed by atoms with Crippen LogP contribution < -0.4 is 26.9 Å². The fourth-order valence-electron chi connectivity index (χ4n) is 7.57. The van der Waals surface area contributed by atoms with Crippen LogP contribution in [0.15, 0.2) is 50.9 Å². The number of carbonyl (C=O) groups is 1. The second-order valence-electron chi connectivity index (χ2n) is 15.0. The van der Waals surface area contributed by atoms with Gasteiger partial charge in [-0.1, -0.05) is 6.07 Å². The number of aryl methyl sites for hydroxylation is 2. The number of aromatic amines is 1. The van der Waals surface area contributed by atoms with Crippen LogP contribution >= 0.6 is 24.8 Å². The summed E-state index contributed by atoms with van der Waals surface area (Å²) < 4.78 is 46.0. The molecule has 2 N–H and O–H groups in total. The van der Waals surface area contributed by atoms with Crippen LogP contribution in [0.3, 0.4) is 0 Å². The third-order valence-electron chi connectivity index (χ3n) is 11.1. The van der Waals surface area contributed by atoms with Crippen molar-refractivity contribution in [2.75, 3.05) is 75.9 Å². The number of nitrogens with one attached hydrogen (secondary N) is 2. The Morgan fingerprint density at radius 2 is 1.68 bits per heavy atom. The third-order valence-corrected chi connectivity index (χ3v) is 11.1. The van der Waals surface area contributed by atoms with Gasteiger partial charge in [0.2, 0.25) is 5.43 Å². The molecule has 1 atom stereocenters. The zero-order chi connectivity index (χ0) is 38.8. The summed E-state index contributed by atoms with van der Waals surface area (Å²) in [6, 6.07) is 8.11. The molecule has 17 heteroatoms. The molecule has 3 aliphatic rings. The van der Waals surface area contributed by atoms with Crippen LogP contribution in [0, 0.1) is 25.5 Å². The molecule has 2 saturated heterocycles. The molecule has 1 aliphatic carbocycles. The number of piperazine rings is 1. The Bertz CT molecular complexity index is 2230. The molecule has 4 aromatic rings. The number of carbonyl (C=O) groups excluding carboxylic acids is 1. The minimum atomic E-state index is -0.853. The number of nitrogens with zero attached hydrogens (tertiary/aromatic N) is 5. The number of pyridine rings is 1. The lowest BCUT2D eigenvalue weighted by molar-refractivity contribution is 0.0195. The van der Waals surface area contributed by atoms with Gasteiger partial charge in [0.1, 0.15) is 29.5 Å². The maximum absolute atomic E-state index is 16.5. The molecule has 7 rings (SSSR count). The van der Waals surface area contributed by atoms with Crippen molar-refractivity contribution in [1.29, 1.82) is 0 Å². The molecule has 2 aromatic carbocycles. The van der Waals surface area contributed by atoms with Gasteiger partial charge in [0.15, 0.2) is 5.82 Å². The van der Waals surface area contributed by atoms with E-state index < -0.39 is 28.7 Å². The van der Waals surface area contributed by atoms with E-state index in [1.54, 1.807) is 9.47 Å². The average molecular weight is 835 g/mol. The third kappa shape index (κ3) is 9.89. The zero-order valence-electron chi connectivity index (χ0n) is 32.5. The topological polar surface area (TPSA) is 134 Å². The highest BCUT2D eigenvalue weighted by Gasteiger charge is 2.33. The molecule has 0 amide bonds. The first-order chi connectivity index (χ1) is 26.5. The number of unbranched alkanes of at least 4 members (excludes halogenated alkanes) is 1. The predicted octanol–water partition coefficient (Wildman–Crippen LogP) is 5.15. The molecule has 0 radical (unpaired) electrons. The normalized spacial score (nSPS) is 17.6. The molecule has 57 heavy (non-hydrogen) atoms. The largest absolute Gasteiger partial charge is 0.461 e. The summed E-state index contributed by atoms with van der Waals surface area (Å²) in [5, 5.41) is 2.92. The lowest BCUT2D eigenvalue weighted by atomic mass is 10.1. The molecule has 0 bridgehead atoms. The Labute approximate surface area is 341 Å². The molecule has 2 aliphatic heterocycles. The Balaban J connectivity index is 0.00000310. The molecule has 3 fully saturated rings.